The normalized spacial score (nSPS) is 19.4. The summed E-state index contributed by atoms with van der Waals surface area (Å²) in [5, 5.41) is 2.95. The highest BCUT2D eigenvalue weighted by Gasteiger charge is 2.35. The Hall–Kier alpha value is -2.34. The van der Waals surface area contributed by atoms with E-state index in [2.05, 4.69) is 38.3 Å². The Morgan fingerprint density at radius 1 is 1.07 bits per heavy atom. The summed E-state index contributed by atoms with van der Waals surface area (Å²) in [5.74, 6) is -0.468. The third kappa shape index (κ3) is 3.92. The van der Waals surface area contributed by atoms with E-state index in [1.54, 1.807) is 4.90 Å². The first-order valence-corrected chi connectivity index (χ1v) is 10.5. The number of rotatable bonds is 4. The van der Waals surface area contributed by atoms with Gasteiger partial charge >= 0.3 is 0 Å². The third-order valence-electron chi connectivity index (χ3n) is 5.51. The molecule has 146 valence electrons. The van der Waals surface area contributed by atoms with Gasteiger partial charge in [-0.2, -0.15) is 0 Å². The smallest absolute Gasteiger partial charge is 0.229 e. The molecule has 2 aromatic rings. The maximum absolute atomic E-state index is 12.7. The van der Waals surface area contributed by atoms with E-state index < -0.39 is 0 Å². The average Bonchev–Trinajstić information content (AvgIpc) is 3.34. The highest BCUT2D eigenvalue weighted by molar-refractivity contribution is 9.10. The maximum atomic E-state index is 12.7. The third-order valence-corrected chi connectivity index (χ3v) is 6.17. The molecular weight excluding hydrogens is 418 g/mol. The van der Waals surface area contributed by atoms with Gasteiger partial charge in [0.25, 0.3) is 0 Å². The second-order valence-electron chi connectivity index (χ2n) is 7.59. The molecule has 6 heteroatoms. The summed E-state index contributed by atoms with van der Waals surface area (Å²) in [7, 11) is 0. The molecule has 5 nitrogen and oxygen atoms in total. The lowest BCUT2D eigenvalue weighted by atomic mass is 10.1. The number of hydrogen-bond acceptors (Lipinski definition) is 3. The molecule has 2 fully saturated rings. The summed E-state index contributed by atoms with van der Waals surface area (Å²) in [6.45, 7) is 4.60. The van der Waals surface area contributed by atoms with Gasteiger partial charge in [0.15, 0.2) is 0 Å². The van der Waals surface area contributed by atoms with E-state index in [-0.39, 0.29) is 24.2 Å². The molecule has 1 atom stereocenters. The molecule has 2 heterocycles. The number of nitrogens with zero attached hydrogens (tertiary/aromatic N) is 2. The van der Waals surface area contributed by atoms with Gasteiger partial charge in [0, 0.05) is 41.9 Å². The molecule has 2 aliphatic rings. The van der Waals surface area contributed by atoms with Crippen molar-refractivity contribution in [2.24, 2.45) is 5.92 Å². The Balaban J connectivity index is 1.42. The van der Waals surface area contributed by atoms with Crippen molar-refractivity contribution < 1.29 is 9.59 Å². The van der Waals surface area contributed by atoms with Crippen LogP contribution in [-0.4, -0.2) is 31.4 Å². The Labute approximate surface area is 173 Å². The van der Waals surface area contributed by atoms with Gasteiger partial charge in [-0.1, -0.05) is 6.07 Å². The first-order chi connectivity index (χ1) is 13.5. The number of nitrogens with one attached hydrogen (secondary N) is 1. The quantitative estimate of drug-likeness (QED) is 0.766. The summed E-state index contributed by atoms with van der Waals surface area (Å²) in [5.41, 5.74) is 3.91. The van der Waals surface area contributed by atoms with Gasteiger partial charge in [0.05, 0.1) is 11.6 Å². The van der Waals surface area contributed by atoms with Crippen LogP contribution in [0.2, 0.25) is 0 Å². The fourth-order valence-electron chi connectivity index (χ4n) is 3.91. The molecule has 0 spiro atoms. The summed E-state index contributed by atoms with van der Waals surface area (Å²) in [4.78, 5) is 29.3. The number of carbonyl (C=O) groups is 2. The summed E-state index contributed by atoms with van der Waals surface area (Å²) in [6.07, 6.45) is 2.71. The predicted molar refractivity (Wildman–Crippen MR) is 116 cm³/mol. The zero-order valence-electron chi connectivity index (χ0n) is 16.0. The van der Waals surface area contributed by atoms with E-state index in [0.717, 1.165) is 34.5 Å². The fourth-order valence-corrected chi connectivity index (χ4v) is 4.50. The molecule has 2 amide bonds. The lowest BCUT2D eigenvalue weighted by Gasteiger charge is -2.20. The minimum absolute atomic E-state index is 0.00274. The summed E-state index contributed by atoms with van der Waals surface area (Å²) >= 11 is 3.48. The van der Waals surface area contributed by atoms with Crippen LogP contribution in [0.1, 0.15) is 24.8 Å². The van der Waals surface area contributed by atoms with Crippen LogP contribution in [0.5, 0.6) is 0 Å². The van der Waals surface area contributed by atoms with Gasteiger partial charge in [-0.05, 0) is 77.7 Å². The zero-order chi connectivity index (χ0) is 19.7. The van der Waals surface area contributed by atoms with Crippen LogP contribution in [0.3, 0.4) is 0 Å². The second-order valence-corrected chi connectivity index (χ2v) is 8.44. The molecule has 28 heavy (non-hydrogen) atoms. The van der Waals surface area contributed by atoms with Crippen LogP contribution >= 0.6 is 15.9 Å². The number of anilines is 3. The van der Waals surface area contributed by atoms with Crippen molar-refractivity contribution in [1.29, 1.82) is 0 Å². The maximum Gasteiger partial charge on any atom is 0.229 e. The Morgan fingerprint density at radius 3 is 2.43 bits per heavy atom. The number of carbonyl (C=O) groups excluding carboxylic acids is 2. The summed E-state index contributed by atoms with van der Waals surface area (Å²) in [6, 6.07) is 13.9. The number of halogens is 1. The van der Waals surface area contributed by atoms with Gasteiger partial charge < -0.3 is 15.1 Å². The van der Waals surface area contributed by atoms with Crippen molar-refractivity contribution in [3.05, 3.63) is 52.5 Å². The van der Waals surface area contributed by atoms with E-state index in [1.807, 2.05) is 37.3 Å². The highest BCUT2D eigenvalue weighted by atomic mass is 79.9. The first kappa shape index (κ1) is 19.0. The van der Waals surface area contributed by atoms with Crippen molar-refractivity contribution in [2.45, 2.75) is 26.2 Å². The van der Waals surface area contributed by atoms with Crippen LogP contribution < -0.4 is 15.1 Å². The molecule has 0 saturated carbocycles. The standard InChI is InChI=1S/C22H24BrN3O2/c1-15-4-9-20(19(23)12-15)24-22(28)16-13-21(27)26(14-16)18-7-5-17(6-8-18)25-10-2-3-11-25/h4-9,12,16H,2-3,10-11,13-14H2,1H3,(H,24,28). The fraction of sp³-hybridized carbons (Fsp3) is 0.364. The predicted octanol–water partition coefficient (Wildman–Crippen LogP) is 4.35. The van der Waals surface area contributed by atoms with Gasteiger partial charge in [-0.3, -0.25) is 9.59 Å². The lowest BCUT2D eigenvalue weighted by Crippen LogP contribution is -2.28. The minimum atomic E-state index is -0.348. The van der Waals surface area contributed by atoms with Crippen molar-refractivity contribution in [3.8, 4) is 0 Å². The lowest BCUT2D eigenvalue weighted by molar-refractivity contribution is -0.122. The van der Waals surface area contributed by atoms with Crippen molar-refractivity contribution in [1.82, 2.24) is 0 Å². The zero-order valence-corrected chi connectivity index (χ0v) is 17.5. The van der Waals surface area contributed by atoms with Crippen LogP contribution in [0, 0.1) is 12.8 Å². The molecule has 2 aliphatic heterocycles. The molecule has 0 bridgehead atoms. The highest BCUT2D eigenvalue weighted by Crippen LogP contribution is 2.30. The number of amides is 2. The minimum Gasteiger partial charge on any atom is -0.372 e. The number of benzene rings is 2. The van der Waals surface area contributed by atoms with E-state index in [0.29, 0.717) is 6.54 Å². The molecule has 2 aromatic carbocycles. The van der Waals surface area contributed by atoms with Gasteiger partial charge in [0.1, 0.15) is 0 Å². The van der Waals surface area contributed by atoms with E-state index in [1.165, 1.54) is 18.5 Å². The van der Waals surface area contributed by atoms with Crippen LogP contribution in [-0.2, 0) is 9.59 Å². The topological polar surface area (TPSA) is 52.7 Å². The van der Waals surface area contributed by atoms with Crippen LogP contribution in [0.25, 0.3) is 0 Å². The molecule has 4 rings (SSSR count). The Kier molecular flexibility index (Phi) is 5.40. The van der Waals surface area contributed by atoms with Gasteiger partial charge in [-0.15, -0.1) is 0 Å². The van der Waals surface area contributed by atoms with Crippen molar-refractivity contribution in [2.75, 3.05) is 34.8 Å². The first-order valence-electron chi connectivity index (χ1n) is 9.73. The molecule has 1 N–H and O–H groups in total. The second kappa shape index (κ2) is 7.95. The molecule has 0 radical (unpaired) electrons. The summed E-state index contributed by atoms with van der Waals surface area (Å²) < 4.78 is 0.847. The molecule has 0 aliphatic carbocycles. The number of hydrogen-bond donors (Lipinski definition) is 1. The monoisotopic (exact) mass is 441 g/mol. The van der Waals surface area contributed by atoms with E-state index in [4.69, 9.17) is 0 Å². The van der Waals surface area contributed by atoms with Crippen molar-refractivity contribution in [3.63, 3.8) is 0 Å². The largest absolute Gasteiger partial charge is 0.372 e. The van der Waals surface area contributed by atoms with E-state index >= 15 is 0 Å². The molecule has 0 aromatic heterocycles. The number of aryl methyl sites for hydroxylation is 1. The Bertz CT molecular complexity index is 891. The van der Waals surface area contributed by atoms with E-state index in [9.17, 15) is 9.59 Å². The van der Waals surface area contributed by atoms with Gasteiger partial charge in [-0.25, -0.2) is 0 Å². The van der Waals surface area contributed by atoms with Crippen molar-refractivity contribution >= 4 is 44.8 Å². The molecular formula is C22H24BrN3O2. The average molecular weight is 442 g/mol. The van der Waals surface area contributed by atoms with Crippen LogP contribution in [0.4, 0.5) is 17.1 Å². The van der Waals surface area contributed by atoms with Crippen LogP contribution in [0.15, 0.2) is 46.9 Å². The van der Waals surface area contributed by atoms with Gasteiger partial charge in [0.2, 0.25) is 11.8 Å². The molecule has 2 saturated heterocycles. The molecule has 1 unspecified atom stereocenters. The SMILES string of the molecule is Cc1ccc(NC(=O)C2CC(=O)N(c3ccc(N4CCCC4)cc3)C2)c(Br)c1. The Morgan fingerprint density at radius 2 is 1.75 bits per heavy atom.